The molecule has 3 amide bonds. The molecule has 1 saturated heterocycles. The zero-order valence-electron chi connectivity index (χ0n) is 13.9. The van der Waals surface area contributed by atoms with E-state index in [0.717, 1.165) is 28.7 Å². The third-order valence-corrected chi connectivity index (χ3v) is 4.97. The second-order valence-corrected chi connectivity index (χ2v) is 6.87. The first-order chi connectivity index (χ1) is 12.9. The molecule has 0 bridgehead atoms. The maximum atomic E-state index is 14.2. The van der Waals surface area contributed by atoms with Gasteiger partial charge in [0.1, 0.15) is 23.7 Å². The standard InChI is InChI=1S/C17H12F2N4O3S/c1-17(11-6-10(18)2-3-12(11)19)15(24)23(16(25)21-17)7-13-20-14(22-26-13)9-4-5-27-8-9/h2-6,8H,7H2,1H3,(H,21,25)/t17-/m1/s1. The zero-order valence-corrected chi connectivity index (χ0v) is 14.7. The molecule has 0 radical (unpaired) electrons. The highest BCUT2D eigenvalue weighted by Crippen LogP contribution is 2.32. The van der Waals surface area contributed by atoms with Crippen LogP contribution in [0.3, 0.4) is 0 Å². The number of halogens is 2. The number of amides is 3. The topological polar surface area (TPSA) is 88.3 Å². The molecule has 1 aromatic carbocycles. The van der Waals surface area contributed by atoms with Crippen LogP contribution in [0.5, 0.6) is 0 Å². The van der Waals surface area contributed by atoms with Crippen LogP contribution in [0, 0.1) is 11.6 Å². The molecule has 3 heterocycles. The molecule has 3 aromatic rings. The normalized spacial score (nSPS) is 19.6. The zero-order chi connectivity index (χ0) is 19.2. The van der Waals surface area contributed by atoms with Crippen molar-refractivity contribution in [2.45, 2.75) is 19.0 Å². The Labute approximate surface area is 155 Å². The van der Waals surface area contributed by atoms with Crippen molar-refractivity contribution in [1.29, 1.82) is 0 Å². The summed E-state index contributed by atoms with van der Waals surface area (Å²) in [7, 11) is 0. The lowest BCUT2D eigenvalue weighted by Crippen LogP contribution is -2.41. The van der Waals surface area contributed by atoms with Crippen LogP contribution in [-0.4, -0.2) is 27.0 Å². The minimum atomic E-state index is -1.74. The maximum Gasteiger partial charge on any atom is 0.325 e. The van der Waals surface area contributed by atoms with Crippen molar-refractivity contribution in [3.8, 4) is 11.4 Å². The Bertz CT molecular complexity index is 1040. The van der Waals surface area contributed by atoms with Crippen LogP contribution < -0.4 is 5.32 Å². The number of nitrogens with one attached hydrogen (secondary N) is 1. The van der Waals surface area contributed by atoms with Crippen LogP contribution in [0.25, 0.3) is 11.4 Å². The van der Waals surface area contributed by atoms with Crippen LogP contribution in [-0.2, 0) is 16.9 Å². The van der Waals surface area contributed by atoms with E-state index in [0.29, 0.717) is 5.82 Å². The third kappa shape index (κ3) is 2.87. The van der Waals surface area contributed by atoms with Gasteiger partial charge in [-0.15, -0.1) is 0 Å². The number of carbonyl (C=O) groups excluding carboxylic acids is 2. The second kappa shape index (κ2) is 6.23. The van der Waals surface area contributed by atoms with Gasteiger partial charge < -0.3 is 9.84 Å². The lowest BCUT2D eigenvalue weighted by atomic mass is 9.91. The first-order valence-electron chi connectivity index (χ1n) is 7.83. The maximum absolute atomic E-state index is 14.2. The SMILES string of the molecule is C[C@]1(c2cc(F)ccc2F)NC(=O)N(Cc2nc(-c3ccsc3)no2)C1=O. The molecule has 1 atom stereocenters. The fourth-order valence-corrected chi connectivity index (χ4v) is 3.50. The highest BCUT2D eigenvalue weighted by molar-refractivity contribution is 7.08. The van der Waals surface area contributed by atoms with Gasteiger partial charge in [-0.25, -0.2) is 13.6 Å². The fraction of sp³-hybridized carbons (Fsp3) is 0.176. The Balaban J connectivity index is 1.61. The van der Waals surface area contributed by atoms with Gasteiger partial charge in [-0.05, 0) is 36.6 Å². The highest BCUT2D eigenvalue weighted by atomic mass is 32.1. The van der Waals surface area contributed by atoms with Gasteiger partial charge in [-0.3, -0.25) is 9.69 Å². The predicted molar refractivity (Wildman–Crippen MR) is 90.4 cm³/mol. The molecule has 1 fully saturated rings. The first-order valence-corrected chi connectivity index (χ1v) is 8.77. The van der Waals surface area contributed by atoms with E-state index < -0.39 is 29.1 Å². The summed E-state index contributed by atoms with van der Waals surface area (Å²) in [6.07, 6.45) is 0. The van der Waals surface area contributed by atoms with Gasteiger partial charge in [-0.1, -0.05) is 5.16 Å². The second-order valence-electron chi connectivity index (χ2n) is 6.09. The van der Waals surface area contributed by atoms with Crippen LogP contribution >= 0.6 is 11.3 Å². The summed E-state index contributed by atoms with van der Waals surface area (Å²) in [6, 6.07) is 3.77. The van der Waals surface area contributed by atoms with Crippen molar-refractivity contribution < 1.29 is 22.9 Å². The number of hydrogen-bond acceptors (Lipinski definition) is 6. The number of benzene rings is 1. The first kappa shape index (κ1) is 17.3. The smallest absolute Gasteiger partial charge is 0.325 e. The lowest BCUT2D eigenvalue weighted by Gasteiger charge is -2.22. The molecular weight excluding hydrogens is 378 g/mol. The van der Waals surface area contributed by atoms with Gasteiger partial charge in [0.2, 0.25) is 11.7 Å². The van der Waals surface area contributed by atoms with Crippen LogP contribution in [0.2, 0.25) is 0 Å². The van der Waals surface area contributed by atoms with Crippen molar-refractivity contribution in [3.05, 3.63) is 58.1 Å². The number of rotatable bonds is 4. The Morgan fingerprint density at radius 2 is 2.11 bits per heavy atom. The van der Waals surface area contributed by atoms with E-state index in [-0.39, 0.29) is 18.0 Å². The van der Waals surface area contributed by atoms with E-state index in [9.17, 15) is 18.4 Å². The average Bonchev–Trinajstić information content (AvgIpc) is 3.35. The number of imide groups is 1. The Hall–Kier alpha value is -3.14. The molecule has 1 aliphatic rings. The Morgan fingerprint density at radius 3 is 2.85 bits per heavy atom. The molecule has 4 rings (SSSR count). The summed E-state index contributed by atoms with van der Waals surface area (Å²) in [5.41, 5.74) is -1.24. The molecule has 0 saturated carbocycles. The van der Waals surface area contributed by atoms with Gasteiger partial charge in [0.15, 0.2) is 0 Å². The Morgan fingerprint density at radius 1 is 1.30 bits per heavy atom. The van der Waals surface area contributed by atoms with Crippen LogP contribution in [0.15, 0.2) is 39.5 Å². The van der Waals surface area contributed by atoms with Gasteiger partial charge in [-0.2, -0.15) is 16.3 Å². The fourth-order valence-electron chi connectivity index (χ4n) is 2.87. The summed E-state index contributed by atoms with van der Waals surface area (Å²) in [4.78, 5) is 30.1. The van der Waals surface area contributed by atoms with Gasteiger partial charge in [0.05, 0.1) is 0 Å². The largest absolute Gasteiger partial charge is 0.337 e. The average molecular weight is 390 g/mol. The van der Waals surface area contributed by atoms with Crippen molar-refractivity contribution in [3.63, 3.8) is 0 Å². The molecule has 1 aliphatic heterocycles. The van der Waals surface area contributed by atoms with Gasteiger partial charge in [0.25, 0.3) is 5.91 Å². The lowest BCUT2D eigenvalue weighted by molar-refractivity contribution is -0.131. The predicted octanol–water partition coefficient (Wildman–Crippen LogP) is 3.04. The molecule has 1 N–H and O–H groups in total. The molecule has 10 heteroatoms. The Kier molecular flexibility index (Phi) is 3.99. The van der Waals surface area contributed by atoms with E-state index in [1.165, 1.54) is 18.3 Å². The number of thiophene rings is 1. The molecule has 0 aliphatic carbocycles. The van der Waals surface area contributed by atoms with Gasteiger partial charge >= 0.3 is 6.03 Å². The van der Waals surface area contributed by atoms with E-state index >= 15 is 0 Å². The third-order valence-electron chi connectivity index (χ3n) is 4.28. The number of aromatic nitrogens is 2. The monoisotopic (exact) mass is 390 g/mol. The summed E-state index contributed by atoms with van der Waals surface area (Å²) in [5.74, 6) is -1.88. The van der Waals surface area contributed by atoms with Crippen molar-refractivity contribution in [2.24, 2.45) is 0 Å². The number of carbonyl (C=O) groups is 2. The molecule has 2 aromatic heterocycles. The summed E-state index contributed by atoms with van der Waals surface area (Å²) >= 11 is 1.46. The van der Waals surface area contributed by atoms with Gasteiger partial charge in [0, 0.05) is 16.5 Å². The summed E-state index contributed by atoms with van der Waals surface area (Å²) in [6.45, 7) is 1.03. The summed E-state index contributed by atoms with van der Waals surface area (Å²) < 4.78 is 32.8. The van der Waals surface area contributed by atoms with Crippen LogP contribution in [0.1, 0.15) is 18.4 Å². The van der Waals surface area contributed by atoms with Crippen molar-refractivity contribution in [1.82, 2.24) is 20.4 Å². The highest BCUT2D eigenvalue weighted by Gasteiger charge is 2.50. The molecule has 7 nitrogen and oxygen atoms in total. The molecule has 0 unspecified atom stereocenters. The number of hydrogen-bond donors (Lipinski definition) is 1. The quantitative estimate of drug-likeness (QED) is 0.692. The minimum Gasteiger partial charge on any atom is -0.337 e. The molecule has 138 valence electrons. The summed E-state index contributed by atoms with van der Waals surface area (Å²) in [5, 5.41) is 9.90. The molecule has 27 heavy (non-hydrogen) atoms. The minimum absolute atomic E-state index is 0.0451. The van der Waals surface area contributed by atoms with E-state index in [4.69, 9.17) is 4.52 Å². The number of urea groups is 1. The van der Waals surface area contributed by atoms with Crippen LogP contribution in [0.4, 0.5) is 13.6 Å². The van der Waals surface area contributed by atoms with E-state index in [2.05, 4.69) is 15.5 Å². The molecule has 0 spiro atoms. The van der Waals surface area contributed by atoms with Crippen molar-refractivity contribution >= 4 is 23.3 Å². The van der Waals surface area contributed by atoms with E-state index in [1.54, 1.807) is 6.07 Å². The molecular formula is C17H12F2N4O3S. The van der Waals surface area contributed by atoms with Crippen molar-refractivity contribution in [2.75, 3.05) is 0 Å². The van der Waals surface area contributed by atoms with E-state index in [1.807, 2.05) is 10.8 Å². The number of nitrogens with zero attached hydrogens (tertiary/aromatic N) is 3.